The van der Waals surface area contributed by atoms with Crippen molar-refractivity contribution in [3.05, 3.63) is 52.0 Å². The van der Waals surface area contributed by atoms with E-state index in [-0.39, 0.29) is 14.9 Å². The Morgan fingerprint density at radius 3 is 2.83 bits per heavy atom. The quantitative estimate of drug-likeness (QED) is 0.867. The van der Waals surface area contributed by atoms with E-state index in [1.165, 1.54) is 18.2 Å². The molecule has 0 radical (unpaired) electrons. The molecule has 0 aliphatic carbocycles. The van der Waals surface area contributed by atoms with Gasteiger partial charge in [-0.2, -0.15) is 0 Å². The van der Waals surface area contributed by atoms with Crippen molar-refractivity contribution >= 4 is 38.9 Å². The van der Waals surface area contributed by atoms with Gasteiger partial charge in [0.15, 0.2) is 0 Å². The fraction of sp³-hybridized carbons (Fsp3) is 0.200. The number of benzene rings is 2. The lowest BCUT2D eigenvalue weighted by atomic mass is 10.2. The Morgan fingerprint density at radius 1 is 1.17 bits per heavy atom. The van der Waals surface area contributed by atoms with Crippen molar-refractivity contribution in [1.82, 2.24) is 5.32 Å². The molecule has 122 valence electrons. The van der Waals surface area contributed by atoms with E-state index in [0.29, 0.717) is 18.8 Å². The number of nitrogens with one attached hydrogen (secondary N) is 2. The molecule has 2 N–H and O–H groups in total. The highest BCUT2D eigenvalue weighted by Gasteiger charge is 2.20. The van der Waals surface area contributed by atoms with Crippen LogP contribution >= 0.6 is 23.2 Å². The van der Waals surface area contributed by atoms with Gasteiger partial charge in [-0.15, -0.1) is 0 Å². The molecule has 2 aromatic carbocycles. The Bertz CT molecular complexity index is 841. The van der Waals surface area contributed by atoms with E-state index in [4.69, 9.17) is 27.9 Å². The van der Waals surface area contributed by atoms with Crippen LogP contribution in [0.1, 0.15) is 5.56 Å². The molecule has 0 aromatic heterocycles. The van der Waals surface area contributed by atoms with Gasteiger partial charge in [0.05, 0.1) is 10.0 Å². The van der Waals surface area contributed by atoms with Crippen LogP contribution in [-0.2, 0) is 16.6 Å². The van der Waals surface area contributed by atoms with Gasteiger partial charge < -0.3 is 10.1 Å². The zero-order chi connectivity index (χ0) is 16.4. The van der Waals surface area contributed by atoms with Crippen molar-refractivity contribution in [2.24, 2.45) is 0 Å². The van der Waals surface area contributed by atoms with E-state index in [2.05, 4.69) is 10.0 Å². The second-order valence-electron chi connectivity index (χ2n) is 5.01. The monoisotopic (exact) mass is 372 g/mol. The molecular weight excluding hydrogens is 359 g/mol. The Balaban J connectivity index is 1.92. The second kappa shape index (κ2) is 6.57. The minimum absolute atomic E-state index is 0.00132. The number of fused-ring (bicyclic) bond motifs is 1. The van der Waals surface area contributed by atoms with Crippen molar-refractivity contribution in [2.75, 3.05) is 17.9 Å². The maximum atomic E-state index is 12.5. The zero-order valence-electron chi connectivity index (χ0n) is 12.0. The van der Waals surface area contributed by atoms with Gasteiger partial charge in [0.25, 0.3) is 10.0 Å². The average molecular weight is 373 g/mol. The number of halogens is 2. The molecule has 3 rings (SSSR count). The molecule has 1 aliphatic heterocycles. The molecule has 0 unspecified atom stereocenters. The lowest BCUT2D eigenvalue weighted by Crippen LogP contribution is -2.16. The van der Waals surface area contributed by atoms with Gasteiger partial charge in [0.1, 0.15) is 17.3 Å². The van der Waals surface area contributed by atoms with E-state index in [9.17, 15) is 8.42 Å². The van der Waals surface area contributed by atoms with Crippen molar-refractivity contribution < 1.29 is 13.2 Å². The predicted octanol–water partition coefficient (Wildman–Crippen LogP) is 3.28. The first-order valence-corrected chi connectivity index (χ1v) is 9.14. The summed E-state index contributed by atoms with van der Waals surface area (Å²) < 4.78 is 33.1. The lowest BCUT2D eigenvalue weighted by Gasteiger charge is -2.12. The first-order chi connectivity index (χ1) is 11.0. The minimum atomic E-state index is -3.83. The zero-order valence-corrected chi connectivity index (χ0v) is 14.3. The summed E-state index contributed by atoms with van der Waals surface area (Å²) in [6, 6.07) is 9.63. The van der Waals surface area contributed by atoms with Gasteiger partial charge in [-0.1, -0.05) is 29.3 Å². The van der Waals surface area contributed by atoms with Crippen molar-refractivity contribution in [1.29, 1.82) is 0 Å². The lowest BCUT2D eigenvalue weighted by molar-refractivity contribution is 0.326. The molecule has 0 saturated heterocycles. The van der Waals surface area contributed by atoms with Crippen molar-refractivity contribution in [3.63, 3.8) is 0 Å². The molecule has 0 atom stereocenters. The smallest absolute Gasteiger partial charge is 0.263 e. The predicted molar refractivity (Wildman–Crippen MR) is 90.9 cm³/mol. The molecule has 0 spiro atoms. The summed E-state index contributed by atoms with van der Waals surface area (Å²) >= 11 is 11.9. The molecule has 23 heavy (non-hydrogen) atoms. The van der Waals surface area contributed by atoms with Crippen LogP contribution in [0.4, 0.5) is 5.69 Å². The van der Waals surface area contributed by atoms with Gasteiger partial charge in [0, 0.05) is 24.3 Å². The van der Waals surface area contributed by atoms with E-state index < -0.39 is 10.0 Å². The van der Waals surface area contributed by atoms with E-state index >= 15 is 0 Å². The van der Waals surface area contributed by atoms with Crippen LogP contribution in [0, 0.1) is 0 Å². The molecule has 0 fully saturated rings. The Hall–Kier alpha value is -1.47. The molecule has 0 bridgehead atoms. The maximum Gasteiger partial charge on any atom is 0.263 e. The molecule has 0 amide bonds. The molecular formula is C15H14Cl2N2O3S. The molecule has 1 heterocycles. The minimum Gasteiger partial charge on any atom is -0.492 e. The van der Waals surface area contributed by atoms with Crippen molar-refractivity contribution in [2.45, 2.75) is 11.4 Å². The van der Waals surface area contributed by atoms with E-state index in [1.54, 1.807) is 18.2 Å². The summed E-state index contributed by atoms with van der Waals surface area (Å²) in [5.74, 6) is 0.749. The SMILES string of the molecule is O=S(=O)(Nc1ccc2c(c1)CNCCO2)c1cccc(Cl)c1Cl. The van der Waals surface area contributed by atoms with Gasteiger partial charge >= 0.3 is 0 Å². The van der Waals surface area contributed by atoms with Crippen LogP contribution in [0.25, 0.3) is 0 Å². The van der Waals surface area contributed by atoms with Crippen molar-refractivity contribution in [3.8, 4) is 5.75 Å². The Labute approximate surface area is 144 Å². The van der Waals surface area contributed by atoms with Crippen LogP contribution in [0.15, 0.2) is 41.3 Å². The third-order valence-electron chi connectivity index (χ3n) is 3.37. The average Bonchev–Trinajstić information content (AvgIpc) is 2.74. The van der Waals surface area contributed by atoms with Crippen LogP contribution in [0.2, 0.25) is 10.0 Å². The van der Waals surface area contributed by atoms with Gasteiger partial charge in [-0.05, 0) is 30.3 Å². The van der Waals surface area contributed by atoms with E-state index in [0.717, 1.165) is 17.9 Å². The highest BCUT2D eigenvalue weighted by molar-refractivity contribution is 7.92. The largest absolute Gasteiger partial charge is 0.492 e. The molecule has 5 nitrogen and oxygen atoms in total. The first kappa shape index (κ1) is 16.4. The number of hydrogen-bond donors (Lipinski definition) is 2. The highest BCUT2D eigenvalue weighted by atomic mass is 35.5. The van der Waals surface area contributed by atoms with Gasteiger partial charge in [-0.3, -0.25) is 4.72 Å². The van der Waals surface area contributed by atoms with Crippen LogP contribution in [0.3, 0.4) is 0 Å². The third kappa shape index (κ3) is 3.55. The topological polar surface area (TPSA) is 67.4 Å². The van der Waals surface area contributed by atoms with Gasteiger partial charge in [0.2, 0.25) is 0 Å². The molecule has 1 aliphatic rings. The molecule has 8 heteroatoms. The summed E-state index contributed by atoms with van der Waals surface area (Å²) in [6.07, 6.45) is 0. The Kier molecular flexibility index (Phi) is 4.68. The van der Waals surface area contributed by atoms with Gasteiger partial charge in [-0.25, -0.2) is 8.42 Å². The van der Waals surface area contributed by atoms with Crippen LogP contribution in [-0.4, -0.2) is 21.6 Å². The van der Waals surface area contributed by atoms with Crippen LogP contribution < -0.4 is 14.8 Å². The summed E-state index contributed by atoms with van der Waals surface area (Å²) in [6.45, 7) is 1.94. The maximum absolute atomic E-state index is 12.5. The number of anilines is 1. The highest BCUT2D eigenvalue weighted by Crippen LogP contribution is 2.31. The summed E-state index contributed by atoms with van der Waals surface area (Å²) in [4.78, 5) is -0.0593. The molecule has 2 aromatic rings. The standard InChI is InChI=1S/C15H14Cl2N2O3S/c16-12-2-1-3-14(15(12)17)23(20,21)19-11-4-5-13-10(8-11)9-18-6-7-22-13/h1-5,8,18-19H,6-7,9H2. The Morgan fingerprint density at radius 2 is 2.00 bits per heavy atom. The summed E-state index contributed by atoms with van der Waals surface area (Å²) in [5.41, 5.74) is 1.33. The fourth-order valence-corrected chi connectivity index (χ4v) is 4.09. The van der Waals surface area contributed by atoms with E-state index in [1.807, 2.05) is 0 Å². The fourth-order valence-electron chi connectivity index (χ4n) is 2.28. The first-order valence-electron chi connectivity index (χ1n) is 6.91. The summed E-state index contributed by atoms with van der Waals surface area (Å²) in [5, 5.41) is 3.39. The second-order valence-corrected chi connectivity index (χ2v) is 7.44. The molecule has 0 saturated carbocycles. The number of hydrogen-bond acceptors (Lipinski definition) is 4. The third-order valence-corrected chi connectivity index (χ3v) is 5.72. The summed E-state index contributed by atoms with van der Waals surface area (Å²) in [7, 11) is -3.83. The number of rotatable bonds is 3. The van der Waals surface area contributed by atoms with Crippen LogP contribution in [0.5, 0.6) is 5.75 Å². The number of ether oxygens (including phenoxy) is 1. The normalized spacial score (nSPS) is 14.5. The number of sulfonamides is 1.